The molecule has 2 heterocycles. The number of carbonyl (C=O) groups excluding carboxylic acids is 7. The number of carbonyl (C=O) groups is 7. The van der Waals surface area contributed by atoms with Gasteiger partial charge in [-0.2, -0.15) is 0 Å². The first kappa shape index (κ1) is 46.5. The van der Waals surface area contributed by atoms with Crippen LogP contribution in [0.15, 0.2) is 53.4 Å². The number of ketones is 1. The summed E-state index contributed by atoms with van der Waals surface area (Å²) in [5.74, 6) is -5.00. The molecule has 2 fully saturated rings. The van der Waals surface area contributed by atoms with E-state index in [1.54, 1.807) is 43.3 Å². The second-order valence-electron chi connectivity index (χ2n) is 16.2. The van der Waals surface area contributed by atoms with Crippen LogP contribution in [0.3, 0.4) is 0 Å². The molecule has 2 unspecified atom stereocenters. The van der Waals surface area contributed by atoms with E-state index in [1.165, 1.54) is 17.0 Å². The zero-order chi connectivity index (χ0) is 44.3. The van der Waals surface area contributed by atoms with Crippen molar-refractivity contribution in [3.63, 3.8) is 0 Å². The Hall–Kier alpha value is -5.56. The van der Waals surface area contributed by atoms with Crippen LogP contribution >= 0.6 is 0 Å². The minimum atomic E-state index is -4.17. The highest BCUT2D eigenvalue weighted by molar-refractivity contribution is 7.89. The Morgan fingerprint density at radius 3 is 2.34 bits per heavy atom. The van der Waals surface area contributed by atoms with Gasteiger partial charge in [-0.05, 0) is 66.8 Å². The molecule has 1 saturated heterocycles. The number of nitrogens with one attached hydrogen (secondary N) is 5. The molecule has 0 aromatic heterocycles. The molecule has 7 N–H and O–H groups in total. The number of hydrogen-bond acceptors (Lipinski definition) is 11. The molecule has 0 radical (unpaired) electrons. The van der Waals surface area contributed by atoms with Gasteiger partial charge >= 0.3 is 6.09 Å². The standard InChI is InChI=1S/C42H57N7O11S/c1-4-11-31(37(51)40(54)44-22-34(50)46-35(38(43)52)26-12-7-5-8-13-26)45-39(53)32-21-29(48-61(57,58)30-16-17-33-28(20-30)18-19-59-33)23-49(32)41(55)36(27-14-9-6-10-15-27)47-42(56)60-24-25(2)3/h5,7-8,12-13,16-17,20,25,27,29,31-32,35-36,48H,4,6,9-11,14-15,18-19,21-24H2,1-3H3,(H2,43,52)(H,44,54)(H,45,53)(H,46,50)(H,47,56)/t29-,31?,32?,35+,36+/m1/s1. The zero-order valence-electron chi connectivity index (χ0n) is 34.8. The number of likely N-dealkylation sites (tertiary alicyclic amines) is 1. The van der Waals surface area contributed by atoms with Gasteiger partial charge in [0.15, 0.2) is 0 Å². The van der Waals surface area contributed by atoms with Gasteiger partial charge in [-0.15, -0.1) is 0 Å². The minimum Gasteiger partial charge on any atom is -0.493 e. The summed E-state index contributed by atoms with van der Waals surface area (Å²) < 4.78 is 41.0. The number of hydrogen-bond donors (Lipinski definition) is 6. The van der Waals surface area contributed by atoms with Gasteiger partial charge < -0.3 is 41.4 Å². The molecule has 332 valence electrons. The van der Waals surface area contributed by atoms with E-state index in [1.807, 2.05) is 13.8 Å². The molecular weight excluding hydrogens is 811 g/mol. The SMILES string of the molecule is CCCC(NC(=O)C1C[C@@H](NS(=O)(=O)c2ccc3c(c2)CCO3)CN1C(=O)[C@@H](NC(=O)OCC(C)C)C1CCCCC1)C(=O)C(=O)NCC(=O)N[C@H](C(N)=O)c1ccccc1. The Labute approximate surface area is 355 Å². The zero-order valence-corrected chi connectivity index (χ0v) is 35.6. The third kappa shape index (κ3) is 12.5. The van der Waals surface area contributed by atoms with Gasteiger partial charge in [0.25, 0.3) is 5.91 Å². The molecule has 19 heteroatoms. The maximum atomic E-state index is 14.6. The predicted octanol–water partition coefficient (Wildman–Crippen LogP) is 1.51. The monoisotopic (exact) mass is 867 g/mol. The van der Waals surface area contributed by atoms with E-state index in [-0.39, 0.29) is 42.7 Å². The van der Waals surface area contributed by atoms with Crippen molar-refractivity contribution in [3.05, 3.63) is 59.7 Å². The van der Waals surface area contributed by atoms with Crippen LogP contribution in [0.4, 0.5) is 4.79 Å². The molecule has 2 aromatic rings. The number of alkyl carbamates (subject to hydrolysis) is 1. The number of primary amides is 1. The normalized spacial score (nSPS) is 19.1. The van der Waals surface area contributed by atoms with E-state index >= 15 is 0 Å². The van der Waals surface area contributed by atoms with Crippen molar-refractivity contribution in [1.82, 2.24) is 30.9 Å². The lowest BCUT2D eigenvalue weighted by Gasteiger charge is -2.34. The number of benzene rings is 2. The van der Waals surface area contributed by atoms with Gasteiger partial charge in [-0.3, -0.25) is 28.8 Å². The summed E-state index contributed by atoms with van der Waals surface area (Å²) in [5, 5.41) is 10.0. The highest BCUT2D eigenvalue weighted by Gasteiger charge is 2.46. The van der Waals surface area contributed by atoms with E-state index in [0.717, 1.165) is 24.8 Å². The van der Waals surface area contributed by atoms with Crippen molar-refractivity contribution in [2.24, 2.45) is 17.6 Å². The Kier molecular flexibility index (Phi) is 16.2. The van der Waals surface area contributed by atoms with Gasteiger partial charge in [0, 0.05) is 19.0 Å². The number of fused-ring (bicyclic) bond motifs is 1. The van der Waals surface area contributed by atoms with Crippen molar-refractivity contribution in [1.29, 1.82) is 0 Å². The topological polar surface area (TPSA) is 262 Å². The van der Waals surface area contributed by atoms with Gasteiger partial charge in [0.1, 0.15) is 23.9 Å². The lowest BCUT2D eigenvalue weighted by Crippen LogP contribution is -2.58. The maximum absolute atomic E-state index is 14.6. The second kappa shape index (κ2) is 21.3. The van der Waals surface area contributed by atoms with Crippen LogP contribution in [0.5, 0.6) is 5.75 Å². The van der Waals surface area contributed by atoms with Crippen LogP contribution < -0.4 is 36.5 Å². The summed E-state index contributed by atoms with van der Waals surface area (Å²) in [5.41, 5.74) is 6.62. The molecular formula is C42H57N7O11S. The number of nitrogens with two attached hydrogens (primary N) is 1. The number of ether oxygens (including phenoxy) is 2. The number of rotatable bonds is 19. The first-order valence-corrected chi connectivity index (χ1v) is 22.3. The van der Waals surface area contributed by atoms with Crippen molar-refractivity contribution < 1.29 is 51.5 Å². The maximum Gasteiger partial charge on any atom is 0.407 e. The lowest BCUT2D eigenvalue weighted by atomic mass is 9.83. The molecule has 5 rings (SSSR count). The van der Waals surface area contributed by atoms with E-state index in [0.29, 0.717) is 43.6 Å². The molecule has 2 aromatic carbocycles. The van der Waals surface area contributed by atoms with E-state index in [4.69, 9.17) is 15.2 Å². The highest BCUT2D eigenvalue weighted by Crippen LogP contribution is 2.31. The third-order valence-corrected chi connectivity index (χ3v) is 12.5. The lowest BCUT2D eigenvalue weighted by molar-refractivity contribution is -0.143. The van der Waals surface area contributed by atoms with Crippen LogP contribution in [0.2, 0.25) is 0 Å². The Morgan fingerprint density at radius 1 is 0.951 bits per heavy atom. The molecule has 0 bridgehead atoms. The largest absolute Gasteiger partial charge is 0.493 e. The number of sulfonamides is 1. The number of nitrogens with zero attached hydrogens (tertiary/aromatic N) is 1. The van der Waals surface area contributed by atoms with Crippen molar-refractivity contribution in [3.8, 4) is 5.75 Å². The average molecular weight is 868 g/mol. The first-order chi connectivity index (χ1) is 29.1. The summed E-state index contributed by atoms with van der Waals surface area (Å²) in [6.45, 7) is 5.07. The van der Waals surface area contributed by atoms with Crippen molar-refractivity contribution >= 4 is 51.4 Å². The molecule has 1 aliphatic carbocycles. The smallest absolute Gasteiger partial charge is 0.407 e. The molecule has 6 amide bonds. The Balaban J connectivity index is 1.34. The third-order valence-electron chi connectivity index (χ3n) is 11.0. The second-order valence-corrected chi connectivity index (χ2v) is 17.9. The average Bonchev–Trinajstić information content (AvgIpc) is 3.90. The van der Waals surface area contributed by atoms with Crippen molar-refractivity contribution in [2.45, 2.75) is 114 Å². The molecule has 0 spiro atoms. The first-order valence-electron chi connectivity index (χ1n) is 20.9. The van der Waals surface area contributed by atoms with Crippen LogP contribution in [0.25, 0.3) is 0 Å². The van der Waals surface area contributed by atoms with E-state index < -0.39 is 88.2 Å². The summed E-state index contributed by atoms with van der Waals surface area (Å²) in [7, 11) is -4.17. The molecule has 3 aliphatic rings. The summed E-state index contributed by atoms with van der Waals surface area (Å²) >= 11 is 0. The Morgan fingerprint density at radius 2 is 1.67 bits per heavy atom. The predicted molar refractivity (Wildman–Crippen MR) is 221 cm³/mol. The minimum absolute atomic E-state index is 0.00859. The molecule has 1 saturated carbocycles. The molecule has 5 atom stereocenters. The molecule has 18 nitrogen and oxygen atoms in total. The van der Waals surface area contributed by atoms with Crippen LogP contribution in [-0.2, 0) is 49.9 Å². The van der Waals surface area contributed by atoms with E-state index in [2.05, 4.69) is 26.0 Å². The summed E-state index contributed by atoms with van der Waals surface area (Å²) in [4.78, 5) is 94.6. The van der Waals surface area contributed by atoms with Crippen molar-refractivity contribution in [2.75, 3.05) is 26.3 Å². The van der Waals surface area contributed by atoms with E-state index in [9.17, 15) is 42.0 Å². The molecule has 61 heavy (non-hydrogen) atoms. The summed E-state index contributed by atoms with van der Waals surface area (Å²) in [6.07, 6.45) is 3.74. The number of amides is 6. The van der Waals surface area contributed by atoms with Gasteiger partial charge in [0.2, 0.25) is 39.4 Å². The summed E-state index contributed by atoms with van der Waals surface area (Å²) in [6, 6.07) is 6.75. The van der Waals surface area contributed by atoms with Gasteiger partial charge in [-0.25, -0.2) is 17.9 Å². The fourth-order valence-electron chi connectivity index (χ4n) is 7.88. The fourth-order valence-corrected chi connectivity index (χ4v) is 9.17. The highest BCUT2D eigenvalue weighted by atomic mass is 32.2. The van der Waals surface area contributed by atoms with Crippen LogP contribution in [0.1, 0.15) is 89.3 Å². The molecule has 2 aliphatic heterocycles. The quantitative estimate of drug-likeness (QED) is 0.110. The number of Topliss-reactive ketones (excluding diaryl/α,β-unsaturated/α-hetero) is 1. The fraction of sp³-hybridized carbons (Fsp3) is 0.548. The van der Waals surface area contributed by atoms with Crippen LogP contribution in [-0.4, -0.2) is 105 Å². The van der Waals surface area contributed by atoms with Gasteiger partial charge in [-0.1, -0.05) is 76.8 Å². The van der Waals surface area contributed by atoms with Gasteiger partial charge in [0.05, 0.1) is 30.7 Å². The van der Waals surface area contributed by atoms with Crippen LogP contribution in [0, 0.1) is 11.8 Å². The Bertz CT molecular complexity index is 2040.